The summed E-state index contributed by atoms with van der Waals surface area (Å²) in [7, 11) is 1.84. The monoisotopic (exact) mass is 375 g/mol. The van der Waals surface area contributed by atoms with Gasteiger partial charge in [-0.25, -0.2) is 4.68 Å². The van der Waals surface area contributed by atoms with Gasteiger partial charge < -0.3 is 10.1 Å². The Labute approximate surface area is 165 Å². The minimum Gasteiger partial charge on any atom is -0.456 e. The number of aryl methyl sites for hydroxylation is 1. The summed E-state index contributed by atoms with van der Waals surface area (Å²) >= 11 is 0. The van der Waals surface area contributed by atoms with Crippen molar-refractivity contribution in [2.24, 2.45) is 7.05 Å². The Morgan fingerprint density at radius 1 is 1.11 bits per heavy atom. The molecule has 0 amide bonds. The van der Waals surface area contributed by atoms with Crippen molar-refractivity contribution in [2.45, 2.75) is 32.7 Å². The summed E-state index contributed by atoms with van der Waals surface area (Å²) in [6, 6.07) is 14.9. The number of tetrazole rings is 1. The Morgan fingerprint density at radius 3 is 2.68 bits per heavy atom. The normalized spacial score (nSPS) is 15.0. The minimum atomic E-state index is 0.472. The first-order chi connectivity index (χ1) is 13.7. The number of fused-ring (bicyclic) bond motifs is 2. The highest BCUT2D eigenvalue weighted by molar-refractivity contribution is 5.88. The molecular weight excluding hydrogens is 350 g/mol. The number of aromatic nitrogens is 4. The van der Waals surface area contributed by atoms with Gasteiger partial charge in [0, 0.05) is 29.8 Å². The lowest BCUT2D eigenvalue weighted by atomic mass is 9.91. The summed E-state index contributed by atoms with van der Waals surface area (Å²) in [6.45, 7) is 5.35. The van der Waals surface area contributed by atoms with E-state index in [1.54, 1.807) is 4.68 Å². The Morgan fingerprint density at radius 2 is 1.93 bits per heavy atom. The van der Waals surface area contributed by atoms with Crippen LogP contribution in [0.3, 0.4) is 0 Å². The van der Waals surface area contributed by atoms with E-state index in [-0.39, 0.29) is 0 Å². The van der Waals surface area contributed by atoms with Crippen LogP contribution < -0.4 is 10.1 Å². The van der Waals surface area contributed by atoms with E-state index in [2.05, 4.69) is 65.0 Å². The third-order valence-corrected chi connectivity index (χ3v) is 5.14. The summed E-state index contributed by atoms with van der Waals surface area (Å²) < 4.78 is 7.90. The van der Waals surface area contributed by atoms with Crippen molar-refractivity contribution in [3.05, 3.63) is 59.7 Å². The number of ether oxygens (including phenoxy) is 1. The van der Waals surface area contributed by atoms with Gasteiger partial charge in [-0.3, -0.25) is 0 Å². The highest BCUT2D eigenvalue weighted by Gasteiger charge is 2.23. The lowest BCUT2D eigenvalue weighted by Crippen LogP contribution is -2.27. The van der Waals surface area contributed by atoms with Crippen LogP contribution in [0.15, 0.2) is 48.5 Å². The number of hydrogen-bond acceptors (Lipinski definition) is 5. The minimum absolute atomic E-state index is 0.472. The van der Waals surface area contributed by atoms with E-state index >= 15 is 0 Å². The standard InChI is InChI=1S/C22H25N5O/c1-4-16(23-5-2)11-13-17-18-8-6-7-9-20(18)28-21-14-15(10-12-19(17)21)22-24-25-26-27(22)3/h6-10,12-14,16,23H,4-5,11H2,1-3H3/b17-13-. The van der Waals surface area contributed by atoms with Crippen LogP contribution in [0.2, 0.25) is 0 Å². The first kappa shape index (κ1) is 18.4. The van der Waals surface area contributed by atoms with Crippen LogP contribution in [-0.2, 0) is 7.05 Å². The molecule has 0 fully saturated rings. The van der Waals surface area contributed by atoms with Gasteiger partial charge in [-0.05, 0) is 53.6 Å². The van der Waals surface area contributed by atoms with Crippen LogP contribution in [0.25, 0.3) is 17.0 Å². The predicted molar refractivity (Wildman–Crippen MR) is 110 cm³/mol. The van der Waals surface area contributed by atoms with Crippen molar-refractivity contribution < 1.29 is 4.74 Å². The van der Waals surface area contributed by atoms with Gasteiger partial charge in [-0.15, -0.1) is 5.10 Å². The molecule has 1 aliphatic rings. The summed E-state index contributed by atoms with van der Waals surface area (Å²) in [6.07, 6.45) is 4.41. The Hall–Kier alpha value is -2.99. The van der Waals surface area contributed by atoms with Gasteiger partial charge in [0.2, 0.25) is 0 Å². The fraction of sp³-hybridized carbons (Fsp3) is 0.318. The molecular formula is C22H25N5O. The lowest BCUT2D eigenvalue weighted by Gasteiger charge is -2.24. The molecule has 0 saturated carbocycles. The van der Waals surface area contributed by atoms with E-state index in [0.717, 1.165) is 47.6 Å². The molecule has 2 heterocycles. The second kappa shape index (κ2) is 7.94. The fourth-order valence-electron chi connectivity index (χ4n) is 3.65. The largest absolute Gasteiger partial charge is 0.456 e. The topological polar surface area (TPSA) is 64.9 Å². The van der Waals surface area contributed by atoms with Crippen molar-refractivity contribution >= 4 is 5.57 Å². The van der Waals surface area contributed by atoms with E-state index in [0.29, 0.717) is 11.9 Å². The molecule has 1 N–H and O–H groups in total. The first-order valence-corrected chi connectivity index (χ1v) is 9.79. The number of nitrogens with one attached hydrogen (secondary N) is 1. The maximum absolute atomic E-state index is 6.23. The second-order valence-corrected chi connectivity index (χ2v) is 6.95. The summed E-state index contributed by atoms with van der Waals surface area (Å²) in [4.78, 5) is 0. The molecule has 0 bridgehead atoms. The predicted octanol–water partition coefficient (Wildman–Crippen LogP) is 4.19. The van der Waals surface area contributed by atoms with Gasteiger partial charge in [-0.2, -0.15) is 0 Å². The molecule has 1 unspecified atom stereocenters. The van der Waals surface area contributed by atoms with Gasteiger partial charge in [0.05, 0.1) is 0 Å². The molecule has 6 heteroatoms. The molecule has 0 spiro atoms. The van der Waals surface area contributed by atoms with Gasteiger partial charge in [0.15, 0.2) is 5.82 Å². The van der Waals surface area contributed by atoms with Gasteiger partial charge in [-0.1, -0.05) is 44.2 Å². The van der Waals surface area contributed by atoms with E-state index in [1.807, 2.05) is 25.2 Å². The number of benzene rings is 2. The second-order valence-electron chi connectivity index (χ2n) is 6.95. The number of rotatable bonds is 6. The van der Waals surface area contributed by atoms with Crippen LogP contribution in [0.1, 0.15) is 37.8 Å². The average Bonchev–Trinajstić information content (AvgIpc) is 3.15. The third kappa shape index (κ3) is 3.43. The molecule has 4 rings (SSSR count). The van der Waals surface area contributed by atoms with E-state index in [4.69, 9.17) is 4.74 Å². The number of para-hydroxylation sites is 1. The number of hydrogen-bond donors (Lipinski definition) is 1. The first-order valence-electron chi connectivity index (χ1n) is 9.79. The van der Waals surface area contributed by atoms with Crippen molar-refractivity contribution in [2.75, 3.05) is 6.54 Å². The molecule has 144 valence electrons. The summed E-state index contributed by atoms with van der Waals surface area (Å²) in [5.41, 5.74) is 4.39. The van der Waals surface area contributed by atoms with Crippen LogP contribution in [0, 0.1) is 0 Å². The van der Waals surface area contributed by atoms with Crippen LogP contribution in [0.4, 0.5) is 0 Å². The average molecular weight is 375 g/mol. The zero-order valence-corrected chi connectivity index (χ0v) is 16.5. The van der Waals surface area contributed by atoms with E-state index in [1.165, 1.54) is 5.57 Å². The molecule has 0 saturated heterocycles. The number of nitrogens with zero attached hydrogens (tertiary/aromatic N) is 4. The van der Waals surface area contributed by atoms with Gasteiger partial charge in [0.25, 0.3) is 0 Å². The summed E-state index contributed by atoms with van der Waals surface area (Å²) in [5.74, 6) is 2.43. The van der Waals surface area contributed by atoms with E-state index < -0.39 is 0 Å². The highest BCUT2D eigenvalue weighted by atomic mass is 16.5. The fourth-order valence-corrected chi connectivity index (χ4v) is 3.65. The molecule has 6 nitrogen and oxygen atoms in total. The Kier molecular flexibility index (Phi) is 5.21. The summed E-state index contributed by atoms with van der Waals surface area (Å²) in [5, 5.41) is 15.3. The van der Waals surface area contributed by atoms with Crippen molar-refractivity contribution in [1.82, 2.24) is 25.5 Å². The van der Waals surface area contributed by atoms with Gasteiger partial charge in [0.1, 0.15) is 11.5 Å². The smallest absolute Gasteiger partial charge is 0.181 e. The van der Waals surface area contributed by atoms with Crippen molar-refractivity contribution in [3.8, 4) is 22.9 Å². The van der Waals surface area contributed by atoms with Gasteiger partial charge >= 0.3 is 0 Å². The molecule has 28 heavy (non-hydrogen) atoms. The lowest BCUT2D eigenvalue weighted by molar-refractivity contribution is 0.473. The van der Waals surface area contributed by atoms with Crippen LogP contribution >= 0.6 is 0 Å². The molecule has 2 aromatic carbocycles. The maximum Gasteiger partial charge on any atom is 0.181 e. The SMILES string of the molecule is CCNC(CC)C/C=C1/c2ccccc2Oc2cc(-c3nnnn3C)ccc21. The Balaban J connectivity index is 1.76. The highest BCUT2D eigenvalue weighted by Crippen LogP contribution is 2.44. The van der Waals surface area contributed by atoms with Crippen LogP contribution in [-0.4, -0.2) is 32.8 Å². The quantitative estimate of drug-likeness (QED) is 0.547. The molecule has 0 aliphatic carbocycles. The van der Waals surface area contributed by atoms with E-state index in [9.17, 15) is 0 Å². The third-order valence-electron chi connectivity index (χ3n) is 5.14. The Bertz CT molecular complexity index is 1010. The molecule has 1 aliphatic heterocycles. The molecule has 3 aromatic rings. The maximum atomic E-state index is 6.23. The zero-order chi connectivity index (χ0) is 19.5. The van der Waals surface area contributed by atoms with Crippen LogP contribution in [0.5, 0.6) is 11.5 Å². The molecule has 0 radical (unpaired) electrons. The van der Waals surface area contributed by atoms with Crippen molar-refractivity contribution in [3.63, 3.8) is 0 Å². The zero-order valence-electron chi connectivity index (χ0n) is 16.5. The molecule has 1 aromatic heterocycles. The van der Waals surface area contributed by atoms with Crippen molar-refractivity contribution in [1.29, 1.82) is 0 Å². The molecule has 1 atom stereocenters.